The number of benzene rings is 2. The molecule has 0 heterocycles. The summed E-state index contributed by atoms with van der Waals surface area (Å²) in [5.41, 5.74) is 4.62. The smallest absolute Gasteiger partial charge is 0.416 e. The molecular weight excluding hydrogens is 478 g/mol. The van der Waals surface area contributed by atoms with E-state index >= 15 is 0 Å². The summed E-state index contributed by atoms with van der Waals surface area (Å²) in [6, 6.07) is 6.96. The third-order valence-corrected chi connectivity index (χ3v) is 6.67. The minimum Gasteiger partial charge on any atom is -0.465 e. The highest BCUT2D eigenvalue weighted by atomic mass is 19.4. The van der Waals surface area contributed by atoms with E-state index in [1.165, 1.54) is 19.4 Å². The van der Waals surface area contributed by atoms with E-state index in [2.05, 4.69) is 10.3 Å². The van der Waals surface area contributed by atoms with Crippen LogP contribution in [0.15, 0.2) is 47.6 Å². The number of nitrogens with two attached hydrogens (primary N) is 1. The highest BCUT2D eigenvalue weighted by molar-refractivity contribution is 6.14. The fraction of sp³-hybridized carbons (Fsp3) is 0.346. The number of rotatable bonds is 7. The van der Waals surface area contributed by atoms with Gasteiger partial charge in [0.15, 0.2) is 0 Å². The highest BCUT2D eigenvalue weighted by Gasteiger charge is 2.53. The van der Waals surface area contributed by atoms with Crippen molar-refractivity contribution in [3.63, 3.8) is 0 Å². The van der Waals surface area contributed by atoms with Gasteiger partial charge in [0.2, 0.25) is 5.91 Å². The molecule has 0 spiro atoms. The molecule has 0 aliphatic heterocycles. The molecule has 2 aliphatic rings. The Bertz CT molecular complexity index is 1250. The number of halogens is 4. The fourth-order valence-electron chi connectivity index (χ4n) is 4.15. The average molecular weight is 503 g/mol. The van der Waals surface area contributed by atoms with Gasteiger partial charge in [0, 0.05) is 35.3 Å². The minimum atomic E-state index is -4.69. The number of nitrogens with one attached hydrogen (secondary N) is 1. The maximum atomic E-state index is 14.6. The van der Waals surface area contributed by atoms with Crippen LogP contribution in [0.4, 0.5) is 23.2 Å². The molecule has 3 N–H and O–H groups in total. The second-order valence-electron chi connectivity index (χ2n) is 8.97. The van der Waals surface area contributed by atoms with Gasteiger partial charge >= 0.3 is 12.1 Å². The largest absolute Gasteiger partial charge is 0.465 e. The highest BCUT2D eigenvalue weighted by Crippen LogP contribution is 2.50. The molecule has 0 unspecified atom stereocenters. The van der Waals surface area contributed by atoms with Gasteiger partial charge in [0.05, 0.1) is 23.7 Å². The summed E-state index contributed by atoms with van der Waals surface area (Å²) in [6.07, 6.45) is 1.90. The van der Waals surface area contributed by atoms with Gasteiger partial charge in [-0.25, -0.2) is 9.18 Å². The first kappa shape index (κ1) is 25.4. The summed E-state index contributed by atoms with van der Waals surface area (Å²) in [5.74, 6) is -2.33. The predicted molar refractivity (Wildman–Crippen MR) is 127 cm³/mol. The van der Waals surface area contributed by atoms with Crippen molar-refractivity contribution >= 4 is 29.4 Å². The Labute approximate surface area is 205 Å². The lowest BCUT2D eigenvalue weighted by Crippen LogP contribution is -2.29. The number of hydrogen-bond acceptors (Lipinski definition) is 5. The Balaban J connectivity index is 1.59. The van der Waals surface area contributed by atoms with Gasteiger partial charge in [-0.2, -0.15) is 13.2 Å². The van der Waals surface area contributed by atoms with E-state index < -0.39 is 34.8 Å². The summed E-state index contributed by atoms with van der Waals surface area (Å²) in [5, 5.41) is 2.67. The standard InChI is InChI=1S/C26H25F4N3O3/c1-36-23(34)20-12-18(6-7-19(20)15(13-31)14-32-17-3-2-4-17)33-24(35)25(9-10-25)21-8-5-16(11-22(21)27)26(28,29)30/h5-8,11-14,17H,2-4,9-10,31H2,1H3,(H,33,35). The second-order valence-corrected chi connectivity index (χ2v) is 8.97. The molecule has 10 heteroatoms. The number of methoxy groups -OCH3 is 1. The van der Waals surface area contributed by atoms with Crippen molar-refractivity contribution in [3.8, 4) is 0 Å². The first-order chi connectivity index (χ1) is 17.1. The molecule has 6 nitrogen and oxygen atoms in total. The van der Waals surface area contributed by atoms with Crippen molar-refractivity contribution in [3.05, 3.63) is 70.7 Å². The van der Waals surface area contributed by atoms with E-state index in [9.17, 15) is 27.2 Å². The van der Waals surface area contributed by atoms with Gasteiger partial charge < -0.3 is 15.8 Å². The van der Waals surface area contributed by atoms with Crippen molar-refractivity contribution in [1.29, 1.82) is 0 Å². The van der Waals surface area contributed by atoms with E-state index in [1.54, 1.807) is 18.3 Å². The third-order valence-electron chi connectivity index (χ3n) is 6.67. The van der Waals surface area contributed by atoms with Gasteiger partial charge in [-0.1, -0.05) is 12.1 Å². The Morgan fingerprint density at radius 3 is 2.39 bits per heavy atom. The Kier molecular flexibility index (Phi) is 6.88. The number of carbonyl (C=O) groups excluding carboxylic acids is 2. The number of allylic oxidation sites excluding steroid dienone is 1. The molecule has 0 radical (unpaired) electrons. The molecule has 36 heavy (non-hydrogen) atoms. The first-order valence-electron chi connectivity index (χ1n) is 11.5. The zero-order valence-corrected chi connectivity index (χ0v) is 19.5. The van der Waals surface area contributed by atoms with Crippen LogP contribution in [0.3, 0.4) is 0 Å². The quantitative estimate of drug-likeness (QED) is 0.308. The molecule has 2 aromatic rings. The summed E-state index contributed by atoms with van der Waals surface area (Å²) >= 11 is 0. The van der Waals surface area contributed by atoms with E-state index in [4.69, 9.17) is 10.5 Å². The normalized spacial score (nSPS) is 17.5. The van der Waals surface area contributed by atoms with Crippen LogP contribution in [0, 0.1) is 5.82 Å². The lowest BCUT2D eigenvalue weighted by molar-refractivity contribution is -0.137. The molecular formula is C26H25F4N3O3. The molecule has 2 saturated carbocycles. The van der Waals surface area contributed by atoms with Gasteiger partial charge in [-0.15, -0.1) is 0 Å². The number of anilines is 1. The minimum absolute atomic E-state index is 0.0987. The number of amides is 1. The zero-order valence-electron chi connectivity index (χ0n) is 19.5. The third kappa shape index (κ3) is 4.98. The van der Waals surface area contributed by atoms with Gasteiger partial charge in [0.1, 0.15) is 5.82 Å². The number of alkyl halides is 3. The van der Waals surface area contributed by atoms with Crippen molar-refractivity contribution in [2.24, 2.45) is 10.7 Å². The SMILES string of the molecule is COC(=O)c1cc(NC(=O)C2(c3ccc(C(F)(F)F)cc3F)CC2)ccc1C(C=NC1CCC1)=CN. The number of aliphatic imine (C=N–C) groups is 1. The molecule has 0 atom stereocenters. The second kappa shape index (κ2) is 9.75. The lowest BCUT2D eigenvalue weighted by atomic mass is 9.92. The number of carbonyl (C=O) groups is 2. The number of nitrogens with zero attached hydrogens (tertiary/aromatic N) is 1. The van der Waals surface area contributed by atoms with Crippen LogP contribution in [0.2, 0.25) is 0 Å². The molecule has 190 valence electrons. The zero-order chi connectivity index (χ0) is 26.1. The van der Waals surface area contributed by atoms with Crippen LogP contribution in [0.1, 0.15) is 59.2 Å². The van der Waals surface area contributed by atoms with Crippen molar-refractivity contribution in [1.82, 2.24) is 0 Å². The fourth-order valence-corrected chi connectivity index (χ4v) is 4.15. The first-order valence-corrected chi connectivity index (χ1v) is 11.5. The lowest BCUT2D eigenvalue weighted by Gasteiger charge is -2.21. The van der Waals surface area contributed by atoms with E-state index in [0.717, 1.165) is 31.4 Å². The molecule has 0 aromatic heterocycles. The summed E-state index contributed by atoms with van der Waals surface area (Å²) in [7, 11) is 1.22. The monoisotopic (exact) mass is 503 g/mol. The summed E-state index contributed by atoms with van der Waals surface area (Å²) in [6.45, 7) is 0. The van der Waals surface area contributed by atoms with Crippen molar-refractivity contribution < 1.29 is 31.9 Å². The predicted octanol–water partition coefficient (Wildman–Crippen LogP) is 5.22. The number of ether oxygens (including phenoxy) is 1. The topological polar surface area (TPSA) is 93.8 Å². The maximum absolute atomic E-state index is 14.6. The molecule has 2 aliphatic carbocycles. The summed E-state index contributed by atoms with van der Waals surface area (Å²) in [4.78, 5) is 30.1. The Hall–Kier alpha value is -3.69. The van der Waals surface area contributed by atoms with Crippen LogP contribution < -0.4 is 11.1 Å². The maximum Gasteiger partial charge on any atom is 0.416 e. The molecule has 4 rings (SSSR count). The molecule has 2 aromatic carbocycles. The Morgan fingerprint density at radius 1 is 1.14 bits per heavy atom. The number of hydrogen-bond donors (Lipinski definition) is 2. The molecule has 2 fully saturated rings. The average Bonchev–Trinajstić information content (AvgIpc) is 3.61. The van der Waals surface area contributed by atoms with E-state index in [1.807, 2.05) is 0 Å². The van der Waals surface area contributed by atoms with Crippen LogP contribution in [-0.4, -0.2) is 31.2 Å². The van der Waals surface area contributed by atoms with E-state index in [0.29, 0.717) is 17.2 Å². The van der Waals surface area contributed by atoms with Crippen LogP contribution in [-0.2, 0) is 21.1 Å². The van der Waals surface area contributed by atoms with E-state index in [-0.39, 0.29) is 35.7 Å². The van der Waals surface area contributed by atoms with Gasteiger partial charge in [-0.3, -0.25) is 9.79 Å². The summed E-state index contributed by atoms with van der Waals surface area (Å²) < 4.78 is 58.2. The molecule has 0 saturated heterocycles. The van der Waals surface area contributed by atoms with Crippen LogP contribution >= 0.6 is 0 Å². The molecule has 0 bridgehead atoms. The van der Waals surface area contributed by atoms with Crippen molar-refractivity contribution in [2.45, 2.75) is 49.7 Å². The van der Waals surface area contributed by atoms with Crippen molar-refractivity contribution in [2.75, 3.05) is 12.4 Å². The van der Waals surface area contributed by atoms with Gasteiger partial charge in [-0.05, 0) is 61.9 Å². The molecule has 1 amide bonds. The Morgan fingerprint density at radius 2 is 1.86 bits per heavy atom. The number of esters is 1. The van der Waals surface area contributed by atoms with Crippen LogP contribution in [0.25, 0.3) is 5.57 Å². The van der Waals surface area contributed by atoms with Gasteiger partial charge in [0.25, 0.3) is 0 Å². The van der Waals surface area contributed by atoms with Crippen LogP contribution in [0.5, 0.6) is 0 Å².